The van der Waals surface area contributed by atoms with Crippen LogP contribution in [-0.4, -0.2) is 9.38 Å². The van der Waals surface area contributed by atoms with E-state index in [9.17, 15) is 0 Å². The Balaban J connectivity index is 2.29. The maximum absolute atomic E-state index is 8.95. The van der Waals surface area contributed by atoms with Crippen LogP contribution in [0.1, 0.15) is 5.56 Å². The first-order valence-corrected chi connectivity index (χ1v) is 6.49. The van der Waals surface area contributed by atoms with E-state index >= 15 is 0 Å². The summed E-state index contributed by atoms with van der Waals surface area (Å²) in [7, 11) is 0. The number of hydrogen-bond acceptors (Lipinski definition) is 3. The van der Waals surface area contributed by atoms with Crippen molar-refractivity contribution in [2.45, 2.75) is 0 Å². The lowest BCUT2D eigenvalue weighted by Gasteiger charge is -2.00. The number of aromatic nitrogens is 2. The second kappa shape index (κ2) is 4.71. The molecule has 2 N–H and O–H groups in total. The molecule has 0 atom stereocenters. The molecular weight excluding hydrogens is 295 g/mol. The van der Waals surface area contributed by atoms with Crippen molar-refractivity contribution in [1.29, 1.82) is 5.26 Å². The molecule has 20 heavy (non-hydrogen) atoms. The van der Waals surface area contributed by atoms with Crippen molar-refractivity contribution in [3.8, 4) is 17.3 Å². The van der Waals surface area contributed by atoms with E-state index in [4.69, 9.17) is 34.2 Å². The van der Waals surface area contributed by atoms with E-state index in [1.54, 1.807) is 34.9 Å². The minimum absolute atomic E-state index is 0.423. The second-order valence-corrected chi connectivity index (χ2v) is 5.08. The molecule has 0 aliphatic carbocycles. The first-order valence-electron chi connectivity index (χ1n) is 5.73. The van der Waals surface area contributed by atoms with E-state index in [-0.39, 0.29) is 0 Å². The Labute approximate surface area is 125 Å². The summed E-state index contributed by atoms with van der Waals surface area (Å²) < 4.78 is 1.64. The number of fused-ring (bicyclic) bond motifs is 1. The number of anilines is 1. The standard InChI is InChI=1S/C14H8Cl2N4/c15-10-5-11(16)14-19-12(13(18)20(14)7-10)9-3-1-2-8(4-9)6-17/h1-5,7H,18H2. The average molecular weight is 303 g/mol. The molecule has 0 bridgehead atoms. The summed E-state index contributed by atoms with van der Waals surface area (Å²) in [5.74, 6) is 0.430. The van der Waals surface area contributed by atoms with Crippen molar-refractivity contribution in [3.63, 3.8) is 0 Å². The van der Waals surface area contributed by atoms with E-state index in [0.717, 1.165) is 5.56 Å². The molecular formula is C14H8Cl2N4. The molecule has 0 amide bonds. The van der Waals surface area contributed by atoms with Gasteiger partial charge in [-0.25, -0.2) is 4.98 Å². The predicted octanol–water partition coefficient (Wildman–Crippen LogP) is 3.76. The molecule has 0 radical (unpaired) electrons. The van der Waals surface area contributed by atoms with Crippen LogP contribution in [0.25, 0.3) is 16.9 Å². The van der Waals surface area contributed by atoms with Gasteiger partial charge in [0, 0.05) is 11.8 Å². The van der Waals surface area contributed by atoms with Gasteiger partial charge in [0.15, 0.2) is 5.65 Å². The number of nitrogens with two attached hydrogens (primary N) is 1. The molecule has 0 aliphatic rings. The number of nitrogens with zero attached hydrogens (tertiary/aromatic N) is 3. The Bertz CT molecular complexity index is 861. The SMILES string of the molecule is N#Cc1cccc(-c2nc3c(Cl)cc(Cl)cn3c2N)c1. The van der Waals surface area contributed by atoms with Crippen LogP contribution in [0.5, 0.6) is 0 Å². The number of imidazole rings is 1. The zero-order chi connectivity index (χ0) is 14.3. The number of nitrogen functional groups attached to an aromatic ring is 1. The lowest BCUT2D eigenvalue weighted by atomic mass is 10.1. The van der Waals surface area contributed by atoms with E-state index < -0.39 is 0 Å². The van der Waals surface area contributed by atoms with Crippen LogP contribution >= 0.6 is 23.2 Å². The van der Waals surface area contributed by atoms with Gasteiger partial charge in [-0.3, -0.25) is 4.40 Å². The molecule has 0 saturated heterocycles. The number of nitriles is 1. The van der Waals surface area contributed by atoms with Crippen LogP contribution in [-0.2, 0) is 0 Å². The molecule has 0 spiro atoms. The summed E-state index contributed by atoms with van der Waals surface area (Å²) in [5, 5.41) is 9.85. The van der Waals surface area contributed by atoms with Gasteiger partial charge in [-0.15, -0.1) is 0 Å². The highest BCUT2D eigenvalue weighted by Crippen LogP contribution is 2.31. The van der Waals surface area contributed by atoms with Crippen molar-refractivity contribution in [2.24, 2.45) is 0 Å². The number of hydrogen-bond donors (Lipinski definition) is 1. The summed E-state index contributed by atoms with van der Waals surface area (Å²) in [6.07, 6.45) is 1.66. The fraction of sp³-hybridized carbons (Fsp3) is 0. The van der Waals surface area contributed by atoms with E-state index in [0.29, 0.717) is 32.8 Å². The smallest absolute Gasteiger partial charge is 0.158 e. The molecule has 6 heteroatoms. The van der Waals surface area contributed by atoms with Gasteiger partial charge in [-0.2, -0.15) is 5.26 Å². The highest BCUT2D eigenvalue weighted by Gasteiger charge is 2.14. The first-order chi connectivity index (χ1) is 9.60. The third-order valence-electron chi connectivity index (χ3n) is 2.94. The molecule has 0 aliphatic heterocycles. The molecule has 3 rings (SSSR count). The predicted molar refractivity (Wildman–Crippen MR) is 79.8 cm³/mol. The summed E-state index contributed by atoms with van der Waals surface area (Å²) in [6, 6.07) is 10.8. The number of halogens is 2. The van der Waals surface area contributed by atoms with Gasteiger partial charge >= 0.3 is 0 Å². The molecule has 0 unspecified atom stereocenters. The summed E-state index contributed by atoms with van der Waals surface area (Å²) in [5.41, 5.74) is 8.52. The Kier molecular flexibility index (Phi) is 3.01. The van der Waals surface area contributed by atoms with Crippen LogP contribution in [0.4, 0.5) is 5.82 Å². The van der Waals surface area contributed by atoms with Gasteiger partial charge in [-0.1, -0.05) is 35.3 Å². The van der Waals surface area contributed by atoms with E-state index in [2.05, 4.69) is 11.1 Å². The highest BCUT2D eigenvalue weighted by atomic mass is 35.5. The van der Waals surface area contributed by atoms with Crippen LogP contribution in [0, 0.1) is 11.3 Å². The lowest BCUT2D eigenvalue weighted by molar-refractivity contribution is 1.20. The van der Waals surface area contributed by atoms with E-state index in [1.165, 1.54) is 0 Å². The van der Waals surface area contributed by atoms with Crippen molar-refractivity contribution in [3.05, 3.63) is 52.1 Å². The summed E-state index contributed by atoms with van der Waals surface area (Å²) >= 11 is 12.1. The molecule has 3 aromatic rings. The molecule has 2 aromatic heterocycles. The molecule has 4 nitrogen and oxygen atoms in total. The van der Waals surface area contributed by atoms with E-state index in [1.807, 2.05) is 6.07 Å². The fourth-order valence-corrected chi connectivity index (χ4v) is 2.55. The normalized spacial score (nSPS) is 10.7. The topological polar surface area (TPSA) is 67.1 Å². The molecule has 0 saturated carbocycles. The maximum Gasteiger partial charge on any atom is 0.158 e. The largest absolute Gasteiger partial charge is 0.383 e. The minimum Gasteiger partial charge on any atom is -0.383 e. The fourth-order valence-electron chi connectivity index (χ4n) is 2.04. The second-order valence-electron chi connectivity index (χ2n) is 4.24. The Hall–Kier alpha value is -2.22. The monoisotopic (exact) mass is 302 g/mol. The van der Waals surface area contributed by atoms with Gasteiger partial charge in [0.25, 0.3) is 0 Å². The average Bonchev–Trinajstić information content (AvgIpc) is 2.77. The molecule has 2 heterocycles. The van der Waals surface area contributed by atoms with Crippen molar-refractivity contribution in [1.82, 2.24) is 9.38 Å². The number of rotatable bonds is 1. The van der Waals surface area contributed by atoms with Crippen LogP contribution in [0.2, 0.25) is 10.0 Å². The Morgan fingerprint density at radius 1 is 1.25 bits per heavy atom. The van der Waals surface area contributed by atoms with Crippen LogP contribution in [0.15, 0.2) is 36.5 Å². The third-order valence-corrected chi connectivity index (χ3v) is 3.43. The molecule has 1 aromatic carbocycles. The quantitative estimate of drug-likeness (QED) is 0.744. The number of benzene rings is 1. The Morgan fingerprint density at radius 3 is 2.80 bits per heavy atom. The lowest BCUT2D eigenvalue weighted by Crippen LogP contribution is -1.94. The zero-order valence-corrected chi connectivity index (χ0v) is 11.7. The maximum atomic E-state index is 8.95. The van der Waals surface area contributed by atoms with Crippen LogP contribution in [0.3, 0.4) is 0 Å². The third kappa shape index (κ3) is 1.97. The zero-order valence-electron chi connectivity index (χ0n) is 10.1. The Morgan fingerprint density at radius 2 is 2.05 bits per heavy atom. The van der Waals surface area contributed by atoms with Gasteiger partial charge < -0.3 is 5.73 Å². The molecule has 0 fully saturated rings. The summed E-state index contributed by atoms with van der Waals surface area (Å²) in [4.78, 5) is 4.44. The number of pyridine rings is 1. The van der Waals surface area contributed by atoms with Crippen LogP contribution < -0.4 is 5.73 Å². The van der Waals surface area contributed by atoms with Crippen molar-refractivity contribution >= 4 is 34.7 Å². The minimum atomic E-state index is 0.423. The van der Waals surface area contributed by atoms with Crippen molar-refractivity contribution in [2.75, 3.05) is 5.73 Å². The van der Waals surface area contributed by atoms with Gasteiger partial charge in [0.2, 0.25) is 0 Å². The van der Waals surface area contributed by atoms with Gasteiger partial charge in [-0.05, 0) is 18.2 Å². The first kappa shape index (κ1) is 12.8. The van der Waals surface area contributed by atoms with Crippen molar-refractivity contribution < 1.29 is 0 Å². The summed E-state index contributed by atoms with van der Waals surface area (Å²) in [6.45, 7) is 0. The highest BCUT2D eigenvalue weighted by molar-refractivity contribution is 6.36. The molecule has 98 valence electrons. The van der Waals surface area contributed by atoms with Gasteiger partial charge in [0.05, 0.1) is 21.7 Å². The van der Waals surface area contributed by atoms with Gasteiger partial charge in [0.1, 0.15) is 11.5 Å².